The molecule has 2 aromatic heterocycles. The highest BCUT2D eigenvalue weighted by Crippen LogP contribution is 2.32. The van der Waals surface area contributed by atoms with E-state index in [0.29, 0.717) is 34.8 Å². The summed E-state index contributed by atoms with van der Waals surface area (Å²) in [7, 11) is 3.08. The molecule has 2 amide bonds. The van der Waals surface area contributed by atoms with Gasteiger partial charge in [0.2, 0.25) is 5.88 Å². The van der Waals surface area contributed by atoms with Crippen LogP contribution in [0.5, 0.6) is 17.6 Å². The lowest BCUT2D eigenvalue weighted by molar-refractivity contribution is 0.132. The van der Waals surface area contributed by atoms with Gasteiger partial charge in [-0.25, -0.2) is 9.78 Å². The van der Waals surface area contributed by atoms with E-state index >= 15 is 0 Å². The zero-order valence-corrected chi connectivity index (χ0v) is 20.7. The fourth-order valence-electron chi connectivity index (χ4n) is 3.43. The van der Waals surface area contributed by atoms with Crippen molar-refractivity contribution in [1.82, 2.24) is 15.0 Å². The number of amides is 2. The third-order valence-electron chi connectivity index (χ3n) is 4.89. The number of para-hydroxylation sites is 2. The van der Waals surface area contributed by atoms with Crippen LogP contribution in [0.3, 0.4) is 0 Å². The summed E-state index contributed by atoms with van der Waals surface area (Å²) < 4.78 is 16.4. The smallest absolute Gasteiger partial charge is 0.325 e. The molecular formula is C23H28N6O4S. The Balaban J connectivity index is 1.44. The lowest BCUT2D eigenvalue weighted by Gasteiger charge is -2.27. The molecule has 0 radical (unpaired) electrons. The van der Waals surface area contributed by atoms with Crippen LogP contribution in [0.25, 0.3) is 0 Å². The van der Waals surface area contributed by atoms with Gasteiger partial charge in [-0.2, -0.15) is 9.97 Å². The molecule has 0 saturated heterocycles. The molecule has 0 spiro atoms. The maximum Gasteiger partial charge on any atom is 0.325 e. The number of fused-ring (bicyclic) bond motifs is 1. The molecule has 3 heterocycles. The summed E-state index contributed by atoms with van der Waals surface area (Å²) >= 11 is 1.44. The highest BCUT2D eigenvalue weighted by Gasteiger charge is 2.24. The van der Waals surface area contributed by atoms with Crippen molar-refractivity contribution >= 4 is 34.0 Å². The predicted octanol–water partition coefficient (Wildman–Crippen LogP) is 4.33. The molecule has 0 saturated carbocycles. The second-order valence-electron chi connectivity index (χ2n) is 8.61. The average Bonchev–Trinajstić information content (AvgIpc) is 3.20. The Hall–Kier alpha value is -3.60. The Morgan fingerprint density at radius 2 is 1.88 bits per heavy atom. The Kier molecular flexibility index (Phi) is 6.73. The van der Waals surface area contributed by atoms with Gasteiger partial charge in [0.05, 0.1) is 32.1 Å². The predicted molar refractivity (Wildman–Crippen MR) is 131 cm³/mol. The quantitative estimate of drug-likeness (QED) is 0.532. The van der Waals surface area contributed by atoms with Gasteiger partial charge < -0.3 is 24.4 Å². The Morgan fingerprint density at radius 3 is 2.62 bits per heavy atom. The van der Waals surface area contributed by atoms with Crippen molar-refractivity contribution in [3.63, 3.8) is 0 Å². The van der Waals surface area contributed by atoms with Crippen molar-refractivity contribution < 1.29 is 19.0 Å². The molecule has 11 heteroatoms. The van der Waals surface area contributed by atoms with E-state index in [9.17, 15) is 4.79 Å². The van der Waals surface area contributed by atoms with Gasteiger partial charge in [0.25, 0.3) is 0 Å². The number of anilines is 3. The number of nitrogens with zero attached hydrogens (tertiary/aromatic N) is 4. The van der Waals surface area contributed by atoms with Crippen LogP contribution in [0.4, 0.5) is 21.4 Å². The van der Waals surface area contributed by atoms with Gasteiger partial charge in [-0.3, -0.25) is 5.32 Å². The third-order valence-corrected chi connectivity index (χ3v) is 5.89. The number of rotatable bonds is 6. The van der Waals surface area contributed by atoms with Crippen LogP contribution in [0, 0.1) is 0 Å². The lowest BCUT2D eigenvalue weighted by Crippen LogP contribution is -2.30. The monoisotopic (exact) mass is 484 g/mol. The standard InChI is InChI=1S/C23H28N6O4S/c1-23(2,3)33-16-9-7-6-8-14(16)24-20(30)28-22-25-15-10-11-29(13-17(15)34-22)18-12-19(31-4)27-21(26-18)32-5/h6-9,12H,10-11,13H2,1-5H3,(H2,24,25,28,30). The minimum Gasteiger partial charge on any atom is -0.486 e. The van der Waals surface area contributed by atoms with E-state index in [4.69, 9.17) is 14.2 Å². The second-order valence-corrected chi connectivity index (χ2v) is 9.69. The van der Waals surface area contributed by atoms with Crippen LogP contribution in [0.2, 0.25) is 0 Å². The molecule has 0 fully saturated rings. The molecule has 180 valence electrons. The number of benzene rings is 1. The van der Waals surface area contributed by atoms with E-state index in [1.807, 2.05) is 39.0 Å². The number of hydrogen-bond acceptors (Lipinski definition) is 9. The molecule has 34 heavy (non-hydrogen) atoms. The highest BCUT2D eigenvalue weighted by atomic mass is 32.1. The van der Waals surface area contributed by atoms with E-state index in [-0.39, 0.29) is 17.6 Å². The first-order valence-corrected chi connectivity index (χ1v) is 11.6. The lowest BCUT2D eigenvalue weighted by atomic mass is 10.2. The van der Waals surface area contributed by atoms with Gasteiger partial charge in [-0.05, 0) is 32.9 Å². The molecule has 3 aromatic rings. The molecule has 0 atom stereocenters. The molecule has 0 aliphatic carbocycles. The second kappa shape index (κ2) is 9.72. The number of hydrogen-bond donors (Lipinski definition) is 2. The van der Waals surface area contributed by atoms with Gasteiger partial charge in [0.1, 0.15) is 17.2 Å². The molecule has 1 aromatic carbocycles. The van der Waals surface area contributed by atoms with Crippen molar-refractivity contribution in [2.45, 2.75) is 39.3 Å². The summed E-state index contributed by atoms with van der Waals surface area (Å²) in [4.78, 5) is 29.1. The van der Waals surface area contributed by atoms with Gasteiger partial charge in [0.15, 0.2) is 5.13 Å². The van der Waals surface area contributed by atoms with Crippen LogP contribution in [-0.2, 0) is 13.0 Å². The zero-order valence-electron chi connectivity index (χ0n) is 19.8. The minimum absolute atomic E-state index is 0.249. The summed E-state index contributed by atoms with van der Waals surface area (Å²) in [6.07, 6.45) is 0.728. The Bertz CT molecular complexity index is 1150. The van der Waals surface area contributed by atoms with Gasteiger partial charge in [-0.1, -0.05) is 23.5 Å². The van der Waals surface area contributed by atoms with Crippen molar-refractivity contribution in [3.05, 3.63) is 40.9 Å². The number of methoxy groups -OCH3 is 2. The van der Waals surface area contributed by atoms with Crippen LogP contribution < -0.4 is 29.7 Å². The summed E-state index contributed by atoms with van der Waals surface area (Å²) in [6, 6.07) is 8.99. The average molecular weight is 485 g/mol. The normalized spacial score (nSPS) is 13.1. The van der Waals surface area contributed by atoms with E-state index in [1.54, 1.807) is 19.2 Å². The first-order chi connectivity index (χ1) is 16.2. The molecule has 0 bridgehead atoms. The highest BCUT2D eigenvalue weighted by molar-refractivity contribution is 7.15. The maximum absolute atomic E-state index is 12.7. The topological polar surface area (TPSA) is 111 Å². The van der Waals surface area contributed by atoms with Crippen LogP contribution in [0.1, 0.15) is 31.3 Å². The van der Waals surface area contributed by atoms with Crippen LogP contribution in [0.15, 0.2) is 30.3 Å². The molecule has 1 aliphatic heterocycles. The molecule has 1 aliphatic rings. The summed E-state index contributed by atoms with van der Waals surface area (Å²) in [6.45, 7) is 7.22. The Morgan fingerprint density at radius 1 is 1.09 bits per heavy atom. The van der Waals surface area contributed by atoms with Crippen molar-refractivity contribution in [3.8, 4) is 17.6 Å². The zero-order chi connectivity index (χ0) is 24.3. The van der Waals surface area contributed by atoms with Crippen molar-refractivity contribution in [2.24, 2.45) is 0 Å². The number of carbonyl (C=O) groups excluding carboxylic acids is 1. The molecule has 4 rings (SSSR count). The maximum atomic E-state index is 12.7. The summed E-state index contributed by atoms with van der Waals surface area (Å²) in [5.74, 6) is 1.76. The van der Waals surface area contributed by atoms with Gasteiger partial charge >= 0.3 is 12.0 Å². The molecule has 0 unspecified atom stereocenters. The van der Waals surface area contributed by atoms with Crippen LogP contribution in [-0.4, -0.2) is 47.3 Å². The van der Waals surface area contributed by atoms with E-state index < -0.39 is 0 Å². The molecule has 10 nitrogen and oxygen atoms in total. The molecule has 2 N–H and O–H groups in total. The summed E-state index contributed by atoms with van der Waals surface area (Å²) in [5.41, 5.74) is 1.18. The minimum atomic E-state index is -0.383. The number of nitrogens with one attached hydrogen (secondary N) is 2. The Labute approximate surface area is 202 Å². The SMILES string of the molecule is COc1cc(N2CCc3nc(NC(=O)Nc4ccccc4OC(C)(C)C)sc3C2)nc(OC)n1. The van der Waals surface area contributed by atoms with E-state index in [2.05, 4.69) is 30.5 Å². The summed E-state index contributed by atoms with van der Waals surface area (Å²) in [5, 5.41) is 6.24. The number of aromatic nitrogens is 3. The van der Waals surface area contributed by atoms with E-state index in [1.165, 1.54) is 18.4 Å². The number of urea groups is 1. The van der Waals surface area contributed by atoms with Crippen LogP contribution >= 0.6 is 11.3 Å². The third kappa shape index (κ3) is 5.66. The molecular weight excluding hydrogens is 456 g/mol. The fourth-order valence-corrected chi connectivity index (χ4v) is 4.45. The fraction of sp³-hybridized carbons (Fsp3) is 0.391. The number of carbonyl (C=O) groups is 1. The van der Waals surface area contributed by atoms with Gasteiger partial charge in [-0.15, -0.1) is 0 Å². The van der Waals surface area contributed by atoms with Crippen molar-refractivity contribution in [1.29, 1.82) is 0 Å². The van der Waals surface area contributed by atoms with Crippen molar-refractivity contribution in [2.75, 3.05) is 36.3 Å². The largest absolute Gasteiger partial charge is 0.486 e. The number of thiazole rings is 1. The van der Waals surface area contributed by atoms with Gasteiger partial charge in [0, 0.05) is 23.9 Å². The first kappa shape index (κ1) is 23.6. The van der Waals surface area contributed by atoms with E-state index in [0.717, 1.165) is 23.5 Å². The number of ether oxygens (including phenoxy) is 3. The first-order valence-electron chi connectivity index (χ1n) is 10.8.